The molecule has 0 saturated heterocycles. The van der Waals surface area contributed by atoms with Crippen molar-refractivity contribution in [3.63, 3.8) is 0 Å². The van der Waals surface area contributed by atoms with Gasteiger partial charge < -0.3 is 20.1 Å². The van der Waals surface area contributed by atoms with Crippen molar-refractivity contribution in [1.82, 2.24) is 10.6 Å². The molecule has 0 amide bonds. The van der Waals surface area contributed by atoms with Gasteiger partial charge in [0.1, 0.15) is 5.75 Å². The summed E-state index contributed by atoms with van der Waals surface area (Å²) in [6, 6.07) is 8.15. The van der Waals surface area contributed by atoms with Gasteiger partial charge in [-0.2, -0.15) is 0 Å². The van der Waals surface area contributed by atoms with Crippen molar-refractivity contribution in [2.45, 2.75) is 6.42 Å². The standard InChI is InChI=1S/C14H24N2O2/c1-17-12-11-16-10-9-15-8-7-13-5-3-4-6-14(13)18-2/h3-6,15-16H,7-12H2,1-2H3. The molecule has 4 heteroatoms. The quantitative estimate of drug-likeness (QED) is 0.611. The van der Waals surface area contributed by atoms with Gasteiger partial charge >= 0.3 is 0 Å². The minimum Gasteiger partial charge on any atom is -0.496 e. The first-order valence-corrected chi connectivity index (χ1v) is 6.40. The zero-order valence-electron chi connectivity index (χ0n) is 11.4. The average molecular weight is 252 g/mol. The van der Waals surface area contributed by atoms with Crippen molar-refractivity contribution in [2.24, 2.45) is 0 Å². The maximum atomic E-state index is 5.31. The summed E-state index contributed by atoms with van der Waals surface area (Å²) in [4.78, 5) is 0. The van der Waals surface area contributed by atoms with Gasteiger partial charge in [0.2, 0.25) is 0 Å². The summed E-state index contributed by atoms with van der Waals surface area (Å²) >= 11 is 0. The van der Waals surface area contributed by atoms with Crippen LogP contribution in [0.1, 0.15) is 5.56 Å². The lowest BCUT2D eigenvalue weighted by molar-refractivity contribution is 0.199. The Labute approximate surface area is 110 Å². The monoisotopic (exact) mass is 252 g/mol. The molecule has 0 unspecified atom stereocenters. The van der Waals surface area contributed by atoms with Gasteiger partial charge in [0.15, 0.2) is 0 Å². The number of rotatable bonds is 10. The number of hydrogen-bond donors (Lipinski definition) is 2. The van der Waals surface area contributed by atoms with Crippen molar-refractivity contribution in [1.29, 1.82) is 0 Å². The lowest BCUT2D eigenvalue weighted by Gasteiger charge is -2.09. The van der Waals surface area contributed by atoms with Gasteiger partial charge in [-0.3, -0.25) is 0 Å². The fourth-order valence-electron chi connectivity index (χ4n) is 1.73. The van der Waals surface area contributed by atoms with Gasteiger partial charge in [-0.1, -0.05) is 18.2 Å². The number of methoxy groups -OCH3 is 2. The maximum absolute atomic E-state index is 5.31. The summed E-state index contributed by atoms with van der Waals surface area (Å²) in [5, 5.41) is 6.70. The molecule has 18 heavy (non-hydrogen) atoms. The zero-order valence-corrected chi connectivity index (χ0v) is 11.4. The molecule has 0 spiro atoms. The minimum atomic E-state index is 0.765. The first kappa shape index (κ1) is 15.0. The smallest absolute Gasteiger partial charge is 0.122 e. The van der Waals surface area contributed by atoms with Crippen molar-refractivity contribution in [2.75, 3.05) is 47.0 Å². The Morgan fingerprint density at radius 2 is 1.67 bits per heavy atom. The Bertz CT molecular complexity index is 318. The molecule has 0 radical (unpaired) electrons. The molecule has 2 N–H and O–H groups in total. The van der Waals surface area contributed by atoms with E-state index in [4.69, 9.17) is 9.47 Å². The third-order valence-electron chi connectivity index (χ3n) is 2.73. The first-order valence-electron chi connectivity index (χ1n) is 6.40. The highest BCUT2D eigenvalue weighted by atomic mass is 16.5. The van der Waals surface area contributed by atoms with E-state index in [9.17, 15) is 0 Å². The molecule has 0 heterocycles. The van der Waals surface area contributed by atoms with Crippen LogP contribution in [0.3, 0.4) is 0 Å². The van der Waals surface area contributed by atoms with Crippen LogP contribution in [-0.4, -0.2) is 47.0 Å². The minimum absolute atomic E-state index is 0.765. The molecule has 4 nitrogen and oxygen atoms in total. The number of ether oxygens (including phenoxy) is 2. The molecule has 0 aliphatic heterocycles. The molecule has 0 aliphatic carbocycles. The second-order valence-electron chi connectivity index (χ2n) is 4.05. The Hall–Kier alpha value is -1.10. The highest BCUT2D eigenvalue weighted by Gasteiger charge is 2.00. The van der Waals surface area contributed by atoms with Gasteiger partial charge in [-0.15, -0.1) is 0 Å². The molecule has 1 rings (SSSR count). The summed E-state index contributed by atoms with van der Waals surface area (Å²) in [6.45, 7) is 4.58. The van der Waals surface area contributed by atoms with Crippen LogP contribution in [0.5, 0.6) is 5.75 Å². The summed E-state index contributed by atoms with van der Waals surface area (Å²) in [5.74, 6) is 0.970. The second-order valence-corrected chi connectivity index (χ2v) is 4.05. The highest BCUT2D eigenvalue weighted by molar-refractivity contribution is 5.33. The van der Waals surface area contributed by atoms with Gasteiger partial charge in [-0.25, -0.2) is 0 Å². The van der Waals surface area contributed by atoms with E-state index in [1.807, 2.05) is 18.2 Å². The van der Waals surface area contributed by atoms with Gasteiger partial charge in [0, 0.05) is 26.7 Å². The predicted octanol–water partition coefficient (Wildman–Crippen LogP) is 1.06. The molecule has 0 saturated carbocycles. The average Bonchev–Trinajstić information content (AvgIpc) is 2.42. The number of hydrogen-bond acceptors (Lipinski definition) is 4. The summed E-state index contributed by atoms with van der Waals surface area (Å²) < 4.78 is 10.3. The largest absolute Gasteiger partial charge is 0.496 e. The van der Waals surface area contributed by atoms with Crippen molar-refractivity contribution in [3.05, 3.63) is 29.8 Å². The molecule has 0 aromatic heterocycles. The molecular weight excluding hydrogens is 228 g/mol. The normalized spacial score (nSPS) is 10.6. The van der Waals surface area contributed by atoms with E-state index in [1.54, 1.807) is 14.2 Å². The van der Waals surface area contributed by atoms with Crippen LogP contribution in [0.15, 0.2) is 24.3 Å². The second kappa shape index (κ2) is 9.88. The van der Waals surface area contributed by atoms with E-state index in [0.29, 0.717) is 0 Å². The van der Waals surface area contributed by atoms with Crippen LogP contribution in [-0.2, 0) is 11.2 Å². The topological polar surface area (TPSA) is 42.5 Å². The SMILES string of the molecule is COCCNCCNCCc1ccccc1OC. The van der Waals surface area contributed by atoms with E-state index >= 15 is 0 Å². The third kappa shape index (κ3) is 6.00. The van der Waals surface area contributed by atoms with Crippen molar-refractivity contribution >= 4 is 0 Å². The fraction of sp³-hybridized carbons (Fsp3) is 0.571. The van der Waals surface area contributed by atoms with Crippen LogP contribution < -0.4 is 15.4 Å². The van der Waals surface area contributed by atoms with E-state index in [2.05, 4.69) is 16.7 Å². The lowest BCUT2D eigenvalue weighted by atomic mass is 10.1. The third-order valence-corrected chi connectivity index (χ3v) is 2.73. The van der Waals surface area contributed by atoms with Crippen LogP contribution in [0.4, 0.5) is 0 Å². The molecule has 102 valence electrons. The summed E-state index contributed by atoms with van der Waals surface area (Å²) in [7, 11) is 3.43. The highest BCUT2D eigenvalue weighted by Crippen LogP contribution is 2.16. The van der Waals surface area contributed by atoms with Crippen molar-refractivity contribution in [3.8, 4) is 5.75 Å². The zero-order chi connectivity index (χ0) is 13.1. The van der Waals surface area contributed by atoms with E-state index < -0.39 is 0 Å². The molecule has 0 atom stereocenters. The molecule has 0 fully saturated rings. The Morgan fingerprint density at radius 1 is 0.944 bits per heavy atom. The summed E-state index contributed by atoms with van der Waals surface area (Å²) in [6.07, 6.45) is 0.988. The molecule has 0 aliphatic rings. The molecule has 1 aromatic carbocycles. The van der Waals surface area contributed by atoms with Crippen LogP contribution in [0, 0.1) is 0 Å². The molecule has 0 bridgehead atoms. The van der Waals surface area contributed by atoms with Gasteiger partial charge in [0.05, 0.1) is 13.7 Å². The number of benzene rings is 1. The van der Waals surface area contributed by atoms with Gasteiger partial charge in [-0.05, 0) is 24.6 Å². The van der Waals surface area contributed by atoms with Crippen LogP contribution in [0.2, 0.25) is 0 Å². The van der Waals surface area contributed by atoms with Gasteiger partial charge in [0.25, 0.3) is 0 Å². The Morgan fingerprint density at radius 3 is 2.39 bits per heavy atom. The first-order chi connectivity index (χ1) is 8.88. The number of nitrogens with one attached hydrogen (secondary N) is 2. The van der Waals surface area contributed by atoms with Crippen molar-refractivity contribution < 1.29 is 9.47 Å². The molecular formula is C14H24N2O2. The van der Waals surface area contributed by atoms with Crippen LogP contribution >= 0.6 is 0 Å². The Balaban J connectivity index is 2.07. The Kier molecular flexibility index (Phi) is 8.21. The molecule has 1 aromatic rings. The van der Waals surface area contributed by atoms with Crippen LogP contribution in [0.25, 0.3) is 0 Å². The summed E-state index contributed by atoms with van der Waals surface area (Å²) in [5.41, 5.74) is 1.25. The van der Waals surface area contributed by atoms with E-state index in [0.717, 1.165) is 45.0 Å². The van der Waals surface area contributed by atoms with E-state index in [1.165, 1.54) is 5.56 Å². The number of para-hydroxylation sites is 1. The maximum Gasteiger partial charge on any atom is 0.122 e. The lowest BCUT2D eigenvalue weighted by Crippen LogP contribution is -2.30. The predicted molar refractivity (Wildman–Crippen MR) is 74.3 cm³/mol. The van der Waals surface area contributed by atoms with E-state index in [-0.39, 0.29) is 0 Å². The fourth-order valence-corrected chi connectivity index (χ4v) is 1.73.